The molecule has 1 aliphatic heterocycles. The van der Waals surface area contributed by atoms with Crippen molar-refractivity contribution in [3.63, 3.8) is 0 Å². The van der Waals surface area contributed by atoms with Gasteiger partial charge in [-0.25, -0.2) is 4.39 Å². The fourth-order valence-corrected chi connectivity index (χ4v) is 2.53. The van der Waals surface area contributed by atoms with Crippen LogP contribution in [-0.4, -0.2) is 18.7 Å². The lowest BCUT2D eigenvalue weighted by Crippen LogP contribution is -2.36. The number of halogens is 1. The highest BCUT2D eigenvalue weighted by Gasteiger charge is 2.23. The SMILES string of the molecule is CC(C)CC(C)NCC1Cc2cc(F)ccc2O1. The van der Waals surface area contributed by atoms with Crippen LogP contribution in [0.2, 0.25) is 0 Å². The Labute approximate surface area is 109 Å². The minimum Gasteiger partial charge on any atom is -0.488 e. The van der Waals surface area contributed by atoms with Gasteiger partial charge >= 0.3 is 0 Å². The van der Waals surface area contributed by atoms with Crippen LogP contribution in [0, 0.1) is 11.7 Å². The number of benzene rings is 1. The molecular formula is C15H22FNO. The molecule has 1 N–H and O–H groups in total. The smallest absolute Gasteiger partial charge is 0.123 e. The number of hydrogen-bond donors (Lipinski definition) is 1. The quantitative estimate of drug-likeness (QED) is 0.868. The summed E-state index contributed by atoms with van der Waals surface area (Å²) in [5.74, 6) is 1.35. The molecule has 2 unspecified atom stereocenters. The zero-order chi connectivity index (χ0) is 13.1. The zero-order valence-corrected chi connectivity index (χ0v) is 11.4. The predicted molar refractivity (Wildman–Crippen MR) is 71.4 cm³/mol. The summed E-state index contributed by atoms with van der Waals surface area (Å²) in [6, 6.07) is 5.25. The maximum absolute atomic E-state index is 13.1. The Morgan fingerprint density at radius 1 is 1.39 bits per heavy atom. The third-order valence-electron chi connectivity index (χ3n) is 3.28. The van der Waals surface area contributed by atoms with Crippen LogP contribution in [-0.2, 0) is 6.42 Å². The Morgan fingerprint density at radius 3 is 2.89 bits per heavy atom. The normalized spacial score (nSPS) is 19.7. The van der Waals surface area contributed by atoms with Gasteiger partial charge in [-0.1, -0.05) is 13.8 Å². The fourth-order valence-electron chi connectivity index (χ4n) is 2.53. The maximum Gasteiger partial charge on any atom is 0.123 e. The monoisotopic (exact) mass is 251 g/mol. The first kappa shape index (κ1) is 13.3. The summed E-state index contributed by atoms with van der Waals surface area (Å²) in [6.45, 7) is 7.47. The van der Waals surface area contributed by atoms with E-state index < -0.39 is 0 Å². The van der Waals surface area contributed by atoms with Gasteiger partial charge in [-0.3, -0.25) is 0 Å². The molecule has 1 aromatic carbocycles. The number of hydrogen-bond acceptors (Lipinski definition) is 2. The van der Waals surface area contributed by atoms with Crippen LogP contribution in [0.15, 0.2) is 18.2 Å². The van der Waals surface area contributed by atoms with Crippen molar-refractivity contribution in [2.24, 2.45) is 5.92 Å². The van der Waals surface area contributed by atoms with Crippen LogP contribution in [0.1, 0.15) is 32.8 Å². The first-order chi connectivity index (χ1) is 8.54. The molecule has 100 valence electrons. The van der Waals surface area contributed by atoms with E-state index in [0.717, 1.165) is 30.7 Å². The maximum atomic E-state index is 13.1. The first-order valence-corrected chi connectivity index (χ1v) is 6.73. The van der Waals surface area contributed by atoms with Crippen molar-refractivity contribution in [3.8, 4) is 5.75 Å². The number of rotatable bonds is 5. The molecule has 0 aromatic heterocycles. The van der Waals surface area contributed by atoms with Gasteiger partial charge in [0, 0.05) is 24.6 Å². The van der Waals surface area contributed by atoms with E-state index in [1.165, 1.54) is 6.07 Å². The van der Waals surface area contributed by atoms with Gasteiger partial charge in [0.05, 0.1) is 0 Å². The van der Waals surface area contributed by atoms with E-state index in [1.54, 1.807) is 12.1 Å². The fraction of sp³-hybridized carbons (Fsp3) is 0.600. The van der Waals surface area contributed by atoms with Crippen molar-refractivity contribution in [2.75, 3.05) is 6.54 Å². The second-order valence-corrected chi connectivity index (χ2v) is 5.63. The van der Waals surface area contributed by atoms with Gasteiger partial charge in [-0.15, -0.1) is 0 Å². The molecule has 1 heterocycles. The highest BCUT2D eigenvalue weighted by Crippen LogP contribution is 2.28. The van der Waals surface area contributed by atoms with Crippen molar-refractivity contribution < 1.29 is 9.13 Å². The summed E-state index contributed by atoms with van der Waals surface area (Å²) in [4.78, 5) is 0. The van der Waals surface area contributed by atoms with Gasteiger partial charge in [0.15, 0.2) is 0 Å². The molecule has 0 radical (unpaired) electrons. The van der Waals surface area contributed by atoms with Crippen LogP contribution in [0.4, 0.5) is 4.39 Å². The van der Waals surface area contributed by atoms with Crippen molar-refractivity contribution >= 4 is 0 Å². The molecule has 0 saturated carbocycles. The second-order valence-electron chi connectivity index (χ2n) is 5.63. The number of fused-ring (bicyclic) bond motifs is 1. The molecule has 0 amide bonds. The highest BCUT2D eigenvalue weighted by atomic mass is 19.1. The Morgan fingerprint density at radius 2 is 2.17 bits per heavy atom. The minimum absolute atomic E-state index is 0.136. The molecule has 0 spiro atoms. The van der Waals surface area contributed by atoms with Gasteiger partial charge in [-0.05, 0) is 37.5 Å². The Hall–Kier alpha value is -1.09. The summed E-state index contributed by atoms with van der Waals surface area (Å²) in [6.07, 6.45) is 2.10. The molecule has 2 nitrogen and oxygen atoms in total. The van der Waals surface area contributed by atoms with E-state index >= 15 is 0 Å². The topological polar surface area (TPSA) is 21.3 Å². The molecule has 0 aliphatic carbocycles. The molecule has 2 atom stereocenters. The second kappa shape index (κ2) is 5.70. The molecule has 18 heavy (non-hydrogen) atoms. The average Bonchev–Trinajstić information content (AvgIpc) is 2.67. The Bertz CT molecular complexity index is 405. The lowest BCUT2D eigenvalue weighted by molar-refractivity contribution is 0.219. The molecular weight excluding hydrogens is 229 g/mol. The molecule has 1 aliphatic rings. The summed E-state index contributed by atoms with van der Waals surface area (Å²) >= 11 is 0. The highest BCUT2D eigenvalue weighted by molar-refractivity contribution is 5.37. The van der Waals surface area contributed by atoms with E-state index in [1.807, 2.05) is 0 Å². The standard InChI is InChI=1S/C15H22FNO/c1-10(2)6-11(3)17-9-14-8-12-7-13(16)4-5-15(12)18-14/h4-5,7,10-11,14,17H,6,8-9H2,1-3H3. The van der Waals surface area contributed by atoms with Gasteiger partial charge in [-0.2, -0.15) is 0 Å². The van der Waals surface area contributed by atoms with Gasteiger partial charge in [0.1, 0.15) is 17.7 Å². The van der Waals surface area contributed by atoms with E-state index in [0.29, 0.717) is 12.0 Å². The van der Waals surface area contributed by atoms with Crippen molar-refractivity contribution in [3.05, 3.63) is 29.6 Å². The Kier molecular flexibility index (Phi) is 4.23. The summed E-state index contributed by atoms with van der Waals surface area (Å²) in [5.41, 5.74) is 0.985. The van der Waals surface area contributed by atoms with E-state index in [4.69, 9.17) is 4.74 Å². The van der Waals surface area contributed by atoms with Gasteiger partial charge in [0.25, 0.3) is 0 Å². The van der Waals surface area contributed by atoms with Crippen LogP contribution < -0.4 is 10.1 Å². The van der Waals surface area contributed by atoms with Crippen molar-refractivity contribution in [1.82, 2.24) is 5.32 Å². The van der Waals surface area contributed by atoms with Gasteiger partial charge < -0.3 is 10.1 Å². The van der Waals surface area contributed by atoms with E-state index in [9.17, 15) is 4.39 Å². The first-order valence-electron chi connectivity index (χ1n) is 6.73. The van der Waals surface area contributed by atoms with E-state index in [2.05, 4.69) is 26.1 Å². The average molecular weight is 251 g/mol. The minimum atomic E-state index is -0.181. The molecule has 1 aromatic rings. The summed E-state index contributed by atoms with van der Waals surface area (Å²) < 4.78 is 18.9. The third kappa shape index (κ3) is 3.45. The largest absolute Gasteiger partial charge is 0.488 e. The van der Waals surface area contributed by atoms with Gasteiger partial charge in [0.2, 0.25) is 0 Å². The molecule has 0 bridgehead atoms. The molecule has 3 heteroatoms. The van der Waals surface area contributed by atoms with Crippen molar-refractivity contribution in [1.29, 1.82) is 0 Å². The summed E-state index contributed by atoms with van der Waals surface area (Å²) in [5, 5.41) is 3.49. The number of ether oxygens (including phenoxy) is 1. The third-order valence-corrected chi connectivity index (χ3v) is 3.28. The summed E-state index contributed by atoms with van der Waals surface area (Å²) in [7, 11) is 0. The van der Waals surface area contributed by atoms with Crippen LogP contribution in [0.3, 0.4) is 0 Å². The van der Waals surface area contributed by atoms with E-state index in [-0.39, 0.29) is 11.9 Å². The van der Waals surface area contributed by atoms with Crippen LogP contribution in [0.5, 0.6) is 5.75 Å². The molecule has 0 saturated heterocycles. The number of nitrogens with one attached hydrogen (secondary N) is 1. The zero-order valence-electron chi connectivity index (χ0n) is 11.4. The van der Waals surface area contributed by atoms with Crippen LogP contribution >= 0.6 is 0 Å². The predicted octanol–water partition coefficient (Wildman–Crippen LogP) is 3.15. The van der Waals surface area contributed by atoms with Crippen LogP contribution in [0.25, 0.3) is 0 Å². The van der Waals surface area contributed by atoms with Crippen molar-refractivity contribution in [2.45, 2.75) is 45.8 Å². The Balaban J connectivity index is 1.81. The lowest BCUT2D eigenvalue weighted by atomic mass is 10.0. The lowest BCUT2D eigenvalue weighted by Gasteiger charge is -2.18. The molecule has 2 rings (SSSR count). The molecule has 0 fully saturated rings.